The first kappa shape index (κ1) is 14.2. The summed E-state index contributed by atoms with van der Waals surface area (Å²) in [4.78, 5) is 14.8. The maximum atomic E-state index is 11.6. The van der Waals surface area contributed by atoms with Crippen LogP contribution in [0.5, 0.6) is 0 Å². The summed E-state index contributed by atoms with van der Waals surface area (Å²) in [5.74, 6) is 0.957. The van der Waals surface area contributed by atoms with E-state index in [4.69, 9.17) is 9.15 Å². The van der Waals surface area contributed by atoms with Crippen LogP contribution in [0.1, 0.15) is 18.7 Å². The summed E-state index contributed by atoms with van der Waals surface area (Å²) in [5.41, 5.74) is 0. The Hall–Kier alpha value is -1.73. The normalized spacial score (nSPS) is 19.6. The highest BCUT2D eigenvalue weighted by molar-refractivity contribution is 7.13. The number of esters is 1. The largest absolute Gasteiger partial charge is 0.469 e. The fourth-order valence-electron chi connectivity index (χ4n) is 2.57. The highest BCUT2D eigenvalue weighted by Gasteiger charge is 2.27. The lowest BCUT2D eigenvalue weighted by Crippen LogP contribution is -2.38. The van der Waals surface area contributed by atoms with Gasteiger partial charge in [0.25, 0.3) is 5.89 Å². The van der Waals surface area contributed by atoms with E-state index < -0.39 is 0 Å². The summed E-state index contributed by atoms with van der Waals surface area (Å²) in [5, 5.41) is 10.1. The molecule has 0 spiro atoms. The van der Waals surface area contributed by atoms with Gasteiger partial charge in [-0.15, -0.1) is 21.5 Å². The second kappa shape index (κ2) is 6.36. The SMILES string of the molecule is COC(=O)[C@H]1CCCN(Cc2nnc(-c3cccs3)o2)C1. The van der Waals surface area contributed by atoms with Crippen molar-refractivity contribution < 1.29 is 13.9 Å². The lowest BCUT2D eigenvalue weighted by atomic mass is 9.98. The van der Waals surface area contributed by atoms with Gasteiger partial charge in [0, 0.05) is 6.54 Å². The standard InChI is InChI=1S/C14H17N3O3S/c1-19-14(18)10-4-2-6-17(8-10)9-12-15-16-13(20-12)11-5-3-7-21-11/h3,5,7,10H,2,4,6,8-9H2,1H3/t10-/m0/s1. The maximum absolute atomic E-state index is 11.6. The number of carbonyl (C=O) groups is 1. The Morgan fingerprint density at radius 2 is 2.48 bits per heavy atom. The van der Waals surface area contributed by atoms with E-state index in [9.17, 15) is 4.79 Å². The minimum atomic E-state index is -0.135. The first-order chi connectivity index (χ1) is 10.3. The molecule has 0 aromatic carbocycles. The summed E-state index contributed by atoms with van der Waals surface area (Å²) >= 11 is 1.57. The minimum absolute atomic E-state index is 0.0524. The third kappa shape index (κ3) is 3.30. The third-order valence-corrected chi connectivity index (χ3v) is 4.46. The summed E-state index contributed by atoms with van der Waals surface area (Å²) in [6.07, 6.45) is 1.86. The van der Waals surface area contributed by atoms with Gasteiger partial charge in [0.2, 0.25) is 5.89 Å². The van der Waals surface area contributed by atoms with E-state index in [1.807, 2.05) is 17.5 Å². The van der Waals surface area contributed by atoms with Gasteiger partial charge in [-0.05, 0) is 30.8 Å². The van der Waals surface area contributed by atoms with E-state index in [0.717, 1.165) is 24.3 Å². The predicted octanol–water partition coefficient (Wildman–Crippen LogP) is 2.18. The number of hydrogen-bond acceptors (Lipinski definition) is 7. The van der Waals surface area contributed by atoms with Gasteiger partial charge < -0.3 is 9.15 Å². The highest BCUT2D eigenvalue weighted by atomic mass is 32.1. The van der Waals surface area contributed by atoms with Crippen LogP contribution < -0.4 is 0 Å². The topological polar surface area (TPSA) is 68.5 Å². The van der Waals surface area contributed by atoms with Crippen molar-refractivity contribution in [1.82, 2.24) is 15.1 Å². The Morgan fingerprint density at radius 1 is 1.57 bits per heavy atom. The average molecular weight is 307 g/mol. The first-order valence-electron chi connectivity index (χ1n) is 6.92. The van der Waals surface area contributed by atoms with Gasteiger partial charge in [0.05, 0.1) is 24.4 Å². The second-order valence-electron chi connectivity index (χ2n) is 5.08. The van der Waals surface area contributed by atoms with E-state index in [2.05, 4.69) is 15.1 Å². The van der Waals surface area contributed by atoms with Gasteiger partial charge in [-0.1, -0.05) is 6.07 Å². The molecule has 112 valence electrons. The second-order valence-corrected chi connectivity index (χ2v) is 6.02. The Kier molecular flexibility index (Phi) is 4.31. The van der Waals surface area contributed by atoms with E-state index in [1.165, 1.54) is 7.11 Å². The lowest BCUT2D eigenvalue weighted by Gasteiger charge is -2.29. The molecule has 1 fully saturated rings. The molecule has 2 aromatic rings. The summed E-state index contributed by atoms with van der Waals surface area (Å²) in [7, 11) is 1.44. The molecule has 3 rings (SSSR count). The quantitative estimate of drug-likeness (QED) is 0.807. The molecule has 0 aliphatic carbocycles. The van der Waals surface area contributed by atoms with Gasteiger partial charge in [-0.2, -0.15) is 0 Å². The van der Waals surface area contributed by atoms with Crippen LogP contribution in [-0.2, 0) is 16.1 Å². The number of ether oxygens (including phenoxy) is 1. The number of thiophene rings is 1. The van der Waals surface area contributed by atoms with Crippen LogP contribution >= 0.6 is 11.3 Å². The van der Waals surface area contributed by atoms with Crippen molar-refractivity contribution in [1.29, 1.82) is 0 Å². The van der Waals surface area contributed by atoms with Gasteiger partial charge >= 0.3 is 5.97 Å². The number of rotatable bonds is 4. The molecule has 0 bridgehead atoms. The Bertz CT molecular complexity index is 596. The number of carbonyl (C=O) groups excluding carboxylic acids is 1. The Labute approximate surface area is 126 Å². The highest BCUT2D eigenvalue weighted by Crippen LogP contribution is 2.24. The molecule has 2 aromatic heterocycles. The van der Waals surface area contributed by atoms with Crippen LogP contribution in [0.3, 0.4) is 0 Å². The van der Waals surface area contributed by atoms with Crippen molar-refractivity contribution in [3.05, 3.63) is 23.4 Å². The van der Waals surface area contributed by atoms with Gasteiger partial charge in [0.1, 0.15) is 0 Å². The average Bonchev–Trinajstić information content (AvgIpc) is 3.17. The van der Waals surface area contributed by atoms with Crippen LogP contribution in [0.15, 0.2) is 21.9 Å². The van der Waals surface area contributed by atoms with E-state index in [-0.39, 0.29) is 11.9 Å². The zero-order valence-corrected chi connectivity index (χ0v) is 12.6. The molecule has 0 N–H and O–H groups in total. The van der Waals surface area contributed by atoms with E-state index in [1.54, 1.807) is 11.3 Å². The van der Waals surface area contributed by atoms with Crippen LogP contribution in [0, 0.1) is 5.92 Å². The molecule has 1 aliphatic heterocycles. The van der Waals surface area contributed by atoms with Crippen molar-refractivity contribution in [2.24, 2.45) is 5.92 Å². The molecular formula is C14H17N3O3S. The minimum Gasteiger partial charge on any atom is -0.469 e. The number of aromatic nitrogens is 2. The third-order valence-electron chi connectivity index (χ3n) is 3.60. The molecule has 0 saturated carbocycles. The monoisotopic (exact) mass is 307 g/mol. The van der Waals surface area contributed by atoms with Crippen LogP contribution in [0.2, 0.25) is 0 Å². The molecule has 7 heteroatoms. The molecular weight excluding hydrogens is 290 g/mol. The van der Waals surface area contributed by atoms with E-state index >= 15 is 0 Å². The zero-order chi connectivity index (χ0) is 14.7. The maximum Gasteiger partial charge on any atom is 0.309 e. The molecule has 1 saturated heterocycles. The van der Waals surface area contributed by atoms with Gasteiger partial charge in [-0.25, -0.2) is 0 Å². The van der Waals surface area contributed by atoms with Gasteiger partial charge in [0.15, 0.2) is 0 Å². The summed E-state index contributed by atoms with van der Waals surface area (Å²) in [6.45, 7) is 2.19. The lowest BCUT2D eigenvalue weighted by molar-refractivity contribution is -0.147. The van der Waals surface area contributed by atoms with E-state index in [0.29, 0.717) is 24.9 Å². The molecule has 1 atom stereocenters. The summed E-state index contributed by atoms with van der Waals surface area (Å²) < 4.78 is 10.5. The van der Waals surface area contributed by atoms with Crippen molar-refractivity contribution >= 4 is 17.3 Å². The van der Waals surface area contributed by atoms with Gasteiger partial charge in [-0.3, -0.25) is 9.69 Å². The van der Waals surface area contributed by atoms with Crippen LogP contribution in [0.25, 0.3) is 10.8 Å². The fourth-order valence-corrected chi connectivity index (χ4v) is 3.21. The molecule has 0 amide bonds. The molecule has 21 heavy (non-hydrogen) atoms. The zero-order valence-electron chi connectivity index (χ0n) is 11.8. The number of nitrogens with zero attached hydrogens (tertiary/aromatic N) is 3. The molecule has 1 aliphatic rings. The fraction of sp³-hybridized carbons (Fsp3) is 0.500. The molecule has 3 heterocycles. The van der Waals surface area contributed by atoms with Crippen LogP contribution in [0.4, 0.5) is 0 Å². The smallest absolute Gasteiger partial charge is 0.309 e. The predicted molar refractivity (Wildman–Crippen MR) is 77.6 cm³/mol. The Morgan fingerprint density at radius 3 is 3.24 bits per heavy atom. The Balaban J connectivity index is 1.62. The molecule has 0 unspecified atom stereocenters. The molecule has 6 nitrogen and oxygen atoms in total. The van der Waals surface area contributed by atoms with Crippen molar-refractivity contribution in [2.75, 3.05) is 20.2 Å². The summed E-state index contributed by atoms with van der Waals surface area (Å²) in [6, 6.07) is 3.91. The molecule has 0 radical (unpaired) electrons. The first-order valence-corrected chi connectivity index (χ1v) is 7.80. The number of methoxy groups -OCH3 is 1. The number of hydrogen-bond donors (Lipinski definition) is 0. The van der Waals surface area contributed by atoms with Crippen molar-refractivity contribution in [3.8, 4) is 10.8 Å². The number of likely N-dealkylation sites (tertiary alicyclic amines) is 1. The van der Waals surface area contributed by atoms with Crippen LogP contribution in [-0.4, -0.2) is 41.3 Å². The number of piperidine rings is 1. The van der Waals surface area contributed by atoms with Crippen molar-refractivity contribution in [2.45, 2.75) is 19.4 Å². The van der Waals surface area contributed by atoms with Crippen molar-refractivity contribution in [3.63, 3.8) is 0 Å².